The molecule has 0 aliphatic carbocycles. The number of aryl methyl sites for hydroxylation is 1. The van der Waals surface area contributed by atoms with Gasteiger partial charge in [-0.3, -0.25) is 5.10 Å². The van der Waals surface area contributed by atoms with Crippen molar-refractivity contribution in [3.05, 3.63) is 70.6 Å². The molecular weight excluding hydrogens is 543 g/mol. The second-order valence-electron chi connectivity index (χ2n) is 8.06. The van der Waals surface area contributed by atoms with Crippen LogP contribution in [0.2, 0.25) is 5.02 Å². The van der Waals surface area contributed by atoms with Crippen molar-refractivity contribution < 1.29 is 18.3 Å². The van der Waals surface area contributed by atoms with Crippen molar-refractivity contribution in [3.63, 3.8) is 0 Å². The summed E-state index contributed by atoms with van der Waals surface area (Å²) < 4.78 is 39.2. The molecule has 1 unspecified atom stereocenters. The van der Waals surface area contributed by atoms with E-state index in [0.29, 0.717) is 40.5 Å². The maximum atomic E-state index is 13.1. The van der Waals surface area contributed by atoms with E-state index in [1.165, 1.54) is 12.3 Å². The molecule has 0 saturated heterocycles. The Balaban J connectivity index is 1.38. The van der Waals surface area contributed by atoms with Crippen molar-refractivity contribution in [3.8, 4) is 0 Å². The Kier molecular flexibility index (Phi) is 7.94. The van der Waals surface area contributed by atoms with E-state index < -0.39 is 22.9 Å². The van der Waals surface area contributed by atoms with E-state index in [1.54, 1.807) is 38.1 Å². The first-order valence-corrected chi connectivity index (χ1v) is 11.8. The molecule has 4 rings (SSSR count). The fourth-order valence-corrected chi connectivity index (χ4v) is 3.65. The zero-order valence-corrected chi connectivity index (χ0v) is 21.4. The lowest BCUT2D eigenvalue weighted by atomic mass is 10.2. The van der Waals surface area contributed by atoms with Crippen LogP contribution in [0.4, 0.5) is 47.9 Å². The fraction of sp³-hybridized carbons (Fsp3) is 0.174. The summed E-state index contributed by atoms with van der Waals surface area (Å²) in [5, 5.41) is 27.7. The summed E-state index contributed by atoms with van der Waals surface area (Å²) in [5.41, 5.74) is 0.983. The molecule has 4 aromatic rings. The molecule has 0 aliphatic rings. The highest BCUT2D eigenvalue weighted by Gasteiger charge is 2.33. The number of aliphatic hydroxyl groups excluding tert-OH is 1. The summed E-state index contributed by atoms with van der Waals surface area (Å²) in [7, 11) is 0. The molecule has 3 aromatic heterocycles. The van der Waals surface area contributed by atoms with Crippen LogP contribution in [0.1, 0.15) is 30.0 Å². The number of aliphatic hydroxyl groups is 1. The average molecular weight is 564 g/mol. The summed E-state index contributed by atoms with van der Waals surface area (Å²) in [5.74, 6) is 1.64. The Labute approximate surface area is 225 Å². The number of alkyl halides is 3. The van der Waals surface area contributed by atoms with E-state index >= 15 is 0 Å². The summed E-state index contributed by atoms with van der Waals surface area (Å²) in [6.07, 6.45) is -3.76. The molecule has 0 fully saturated rings. The van der Waals surface area contributed by atoms with Gasteiger partial charge in [0.15, 0.2) is 10.9 Å². The molecule has 0 saturated carbocycles. The van der Waals surface area contributed by atoms with Crippen LogP contribution in [0.3, 0.4) is 0 Å². The number of anilines is 6. The number of nitrogens with zero attached hydrogens (tertiary/aromatic N) is 4. The van der Waals surface area contributed by atoms with Crippen LogP contribution < -0.4 is 21.3 Å². The largest absolute Gasteiger partial charge is 0.417 e. The van der Waals surface area contributed by atoms with Gasteiger partial charge < -0.3 is 26.4 Å². The van der Waals surface area contributed by atoms with Gasteiger partial charge in [-0.05, 0) is 56.4 Å². The van der Waals surface area contributed by atoms with Gasteiger partial charge in [-0.2, -0.15) is 23.3 Å². The lowest BCUT2D eigenvalue weighted by Gasteiger charge is -2.14. The number of rotatable bonds is 7. The Bertz CT molecular complexity index is 1450. The Hall–Kier alpha value is -4.01. The van der Waals surface area contributed by atoms with E-state index in [4.69, 9.17) is 23.8 Å². The third-order valence-electron chi connectivity index (χ3n) is 4.95. The number of pyridine rings is 1. The molecule has 3 heterocycles. The van der Waals surface area contributed by atoms with E-state index in [2.05, 4.69) is 46.4 Å². The van der Waals surface area contributed by atoms with Crippen molar-refractivity contribution in [1.82, 2.24) is 25.1 Å². The van der Waals surface area contributed by atoms with Crippen molar-refractivity contribution in [1.29, 1.82) is 0 Å². The Morgan fingerprint density at radius 2 is 1.76 bits per heavy atom. The van der Waals surface area contributed by atoms with Gasteiger partial charge >= 0.3 is 6.18 Å². The lowest BCUT2D eigenvalue weighted by molar-refractivity contribution is -0.137. The zero-order chi connectivity index (χ0) is 27.4. The molecule has 10 nitrogen and oxygen atoms in total. The monoisotopic (exact) mass is 563 g/mol. The van der Waals surface area contributed by atoms with Gasteiger partial charge in [0.05, 0.1) is 34.3 Å². The second-order valence-corrected chi connectivity index (χ2v) is 8.87. The number of aromatic amines is 1. The second kappa shape index (κ2) is 11.2. The van der Waals surface area contributed by atoms with Crippen LogP contribution >= 0.6 is 23.8 Å². The van der Waals surface area contributed by atoms with Crippen LogP contribution in [0, 0.1) is 6.92 Å². The lowest BCUT2D eigenvalue weighted by Crippen LogP contribution is -2.20. The first-order chi connectivity index (χ1) is 18.0. The van der Waals surface area contributed by atoms with Crippen LogP contribution in [0.5, 0.6) is 0 Å². The van der Waals surface area contributed by atoms with Gasteiger partial charge in [0, 0.05) is 23.5 Å². The van der Waals surface area contributed by atoms with Crippen LogP contribution in [0.25, 0.3) is 0 Å². The number of H-pyrrole nitrogens is 1. The fourth-order valence-electron chi connectivity index (χ4n) is 3.20. The number of benzene rings is 1. The number of hydrogen-bond donors (Lipinski definition) is 6. The third kappa shape index (κ3) is 7.06. The standard InChI is InChI=1S/C23H21ClF3N9OS/c1-11-7-19(32-20-9-17(12(2)37)35-36-20)33-21(29-11)30-14-4-6-18(28-10-14)34-22(38)31-13-3-5-16(24)15(8-13)23(25,26)27/h3-10,12,37H,1-2H3,(H2,28,31,34,38)(H3,29,30,32,33,35,36). The molecule has 0 spiro atoms. The van der Waals surface area contributed by atoms with E-state index in [-0.39, 0.29) is 10.8 Å². The van der Waals surface area contributed by atoms with Gasteiger partial charge in [0.2, 0.25) is 5.95 Å². The maximum absolute atomic E-state index is 13.1. The first kappa shape index (κ1) is 27.0. The third-order valence-corrected chi connectivity index (χ3v) is 5.48. The molecule has 1 atom stereocenters. The van der Waals surface area contributed by atoms with Gasteiger partial charge in [0.25, 0.3) is 0 Å². The van der Waals surface area contributed by atoms with Gasteiger partial charge in [-0.1, -0.05) is 11.6 Å². The van der Waals surface area contributed by atoms with Gasteiger partial charge in [0.1, 0.15) is 11.6 Å². The number of nitrogens with one attached hydrogen (secondary N) is 5. The maximum Gasteiger partial charge on any atom is 0.417 e. The topological polar surface area (TPSA) is 136 Å². The van der Waals surface area contributed by atoms with Crippen molar-refractivity contribution in [2.75, 3.05) is 21.3 Å². The molecule has 6 N–H and O–H groups in total. The highest BCUT2D eigenvalue weighted by atomic mass is 35.5. The first-order valence-electron chi connectivity index (χ1n) is 11.0. The molecule has 1 aromatic carbocycles. The highest BCUT2D eigenvalue weighted by molar-refractivity contribution is 7.80. The molecule has 0 aliphatic heterocycles. The van der Waals surface area contributed by atoms with E-state index in [1.807, 2.05) is 0 Å². The number of thiocarbonyl (C=S) groups is 1. The summed E-state index contributed by atoms with van der Waals surface area (Å²) in [4.78, 5) is 13.0. The molecule has 38 heavy (non-hydrogen) atoms. The minimum absolute atomic E-state index is 0.0449. The number of hydrogen-bond acceptors (Lipinski definition) is 8. The van der Waals surface area contributed by atoms with Crippen molar-refractivity contribution >= 4 is 63.7 Å². The quantitative estimate of drug-likeness (QED) is 0.150. The molecular formula is C23H21ClF3N9OS. The van der Waals surface area contributed by atoms with E-state index in [9.17, 15) is 18.3 Å². The average Bonchev–Trinajstić information content (AvgIpc) is 3.29. The number of aromatic nitrogens is 5. The smallest absolute Gasteiger partial charge is 0.387 e. The van der Waals surface area contributed by atoms with Crippen LogP contribution in [-0.2, 0) is 6.18 Å². The minimum atomic E-state index is -4.59. The predicted octanol–water partition coefficient (Wildman–Crippen LogP) is 5.92. The zero-order valence-electron chi connectivity index (χ0n) is 19.9. The molecule has 0 bridgehead atoms. The SMILES string of the molecule is Cc1cc(Nc2cc(C(C)O)[nH]n2)nc(Nc2ccc(NC(=S)Nc3ccc(Cl)c(C(F)(F)F)c3)nc2)n1. The number of halogens is 4. The van der Waals surface area contributed by atoms with Gasteiger partial charge in [-0.25, -0.2) is 9.97 Å². The summed E-state index contributed by atoms with van der Waals surface area (Å²) in [6.45, 7) is 3.43. The van der Waals surface area contributed by atoms with Crippen LogP contribution in [0.15, 0.2) is 48.7 Å². The van der Waals surface area contributed by atoms with Crippen molar-refractivity contribution in [2.45, 2.75) is 26.1 Å². The van der Waals surface area contributed by atoms with Gasteiger partial charge in [-0.15, -0.1) is 0 Å². The molecule has 0 radical (unpaired) electrons. The van der Waals surface area contributed by atoms with Crippen molar-refractivity contribution in [2.24, 2.45) is 0 Å². The van der Waals surface area contributed by atoms with Crippen LogP contribution in [-0.4, -0.2) is 35.4 Å². The molecule has 15 heteroatoms. The normalized spacial score (nSPS) is 12.1. The summed E-state index contributed by atoms with van der Waals surface area (Å²) >= 11 is 10.8. The summed E-state index contributed by atoms with van der Waals surface area (Å²) in [6, 6.07) is 10.1. The Morgan fingerprint density at radius 1 is 1.00 bits per heavy atom. The highest BCUT2D eigenvalue weighted by Crippen LogP contribution is 2.36. The molecule has 198 valence electrons. The molecule has 0 amide bonds. The minimum Gasteiger partial charge on any atom is -0.387 e. The van der Waals surface area contributed by atoms with E-state index in [0.717, 1.165) is 12.1 Å². The predicted molar refractivity (Wildman–Crippen MR) is 143 cm³/mol. The Morgan fingerprint density at radius 3 is 2.42 bits per heavy atom.